The summed E-state index contributed by atoms with van der Waals surface area (Å²) >= 11 is 0. The van der Waals surface area contributed by atoms with Gasteiger partial charge in [0.05, 0.1) is 0 Å². The molecule has 0 radical (unpaired) electrons. The predicted octanol–water partition coefficient (Wildman–Crippen LogP) is 8.59. The number of nitrogens with one attached hydrogen (secondary N) is 1. The van der Waals surface area contributed by atoms with Crippen LogP contribution in [0, 0.1) is 5.92 Å². The molecule has 0 amide bonds. The third-order valence-corrected chi connectivity index (χ3v) is 6.85. The fourth-order valence-corrected chi connectivity index (χ4v) is 5.03. The van der Waals surface area contributed by atoms with Crippen LogP contribution < -0.4 is 4.57 Å². The van der Waals surface area contributed by atoms with Gasteiger partial charge in [-0.3, -0.25) is 4.98 Å². The van der Waals surface area contributed by atoms with Gasteiger partial charge in [-0.15, -0.1) is 0 Å². The van der Waals surface area contributed by atoms with Crippen LogP contribution in [0.1, 0.15) is 122 Å². The number of unbranched alkanes of at least 4 members (excludes halogenated alkanes) is 11. The Morgan fingerprint density at radius 2 is 1.32 bits per heavy atom. The molecule has 1 N–H and O–H groups in total. The van der Waals surface area contributed by atoms with Crippen molar-refractivity contribution >= 4 is 0 Å². The molecule has 2 unspecified atom stereocenters. The molecular weight excluding hydrogens is 376 g/mol. The molecule has 31 heavy (non-hydrogen) atoms. The maximum Gasteiger partial charge on any atom is 0.241 e. The van der Waals surface area contributed by atoms with Crippen LogP contribution in [0.2, 0.25) is 0 Å². The quantitative estimate of drug-likeness (QED) is 0.172. The number of hydrogen-bond acceptors (Lipinski definition) is 0. The standard InChI is InChI=1S/C29H48N2/c1-3-5-6-7-8-9-10-11-12-13-14-18-22-28(25-27-20-16-15-17-21-27)29(19-4-2)31-24-23-30-26-31/h15-17,20-21,23-24,26,28-29H,3-14,18-19,22,25H2,1-2H3/p+1. The first kappa shape index (κ1) is 25.7. The summed E-state index contributed by atoms with van der Waals surface area (Å²) in [5, 5.41) is 0. The molecule has 1 aromatic carbocycles. The topological polar surface area (TPSA) is 19.7 Å². The number of aromatic nitrogens is 2. The van der Waals surface area contributed by atoms with Gasteiger partial charge >= 0.3 is 0 Å². The smallest absolute Gasteiger partial charge is 0.241 e. The van der Waals surface area contributed by atoms with Gasteiger partial charge in [-0.05, 0) is 24.8 Å². The fourth-order valence-electron chi connectivity index (χ4n) is 5.03. The van der Waals surface area contributed by atoms with E-state index in [4.69, 9.17) is 0 Å². The first-order valence-electron chi connectivity index (χ1n) is 13.4. The molecule has 1 heterocycles. The van der Waals surface area contributed by atoms with Crippen LogP contribution in [0.3, 0.4) is 0 Å². The van der Waals surface area contributed by atoms with Crippen LogP contribution in [0.5, 0.6) is 0 Å². The minimum absolute atomic E-state index is 0.601. The zero-order chi connectivity index (χ0) is 22.0. The zero-order valence-corrected chi connectivity index (χ0v) is 20.5. The zero-order valence-electron chi connectivity index (χ0n) is 20.5. The second-order valence-corrected chi connectivity index (χ2v) is 9.54. The molecule has 0 bridgehead atoms. The highest BCUT2D eigenvalue weighted by Crippen LogP contribution is 2.28. The molecule has 2 aromatic rings. The van der Waals surface area contributed by atoms with Gasteiger partial charge in [-0.25, -0.2) is 4.57 Å². The molecule has 2 nitrogen and oxygen atoms in total. The maximum atomic E-state index is 3.27. The molecule has 0 saturated carbocycles. The van der Waals surface area contributed by atoms with Crippen molar-refractivity contribution in [1.29, 1.82) is 0 Å². The van der Waals surface area contributed by atoms with Gasteiger partial charge < -0.3 is 0 Å². The lowest BCUT2D eigenvalue weighted by molar-refractivity contribution is -0.730. The third kappa shape index (κ3) is 11.0. The number of nitrogens with zero attached hydrogens (tertiary/aromatic N) is 1. The number of hydrogen-bond donors (Lipinski definition) is 1. The second-order valence-electron chi connectivity index (χ2n) is 9.54. The van der Waals surface area contributed by atoms with Gasteiger partial charge in [0, 0.05) is 5.92 Å². The number of aromatic amines is 1. The van der Waals surface area contributed by atoms with E-state index in [1.165, 1.54) is 108 Å². The average molecular weight is 426 g/mol. The summed E-state index contributed by atoms with van der Waals surface area (Å²) in [5.41, 5.74) is 1.49. The highest BCUT2D eigenvalue weighted by molar-refractivity contribution is 5.15. The summed E-state index contributed by atoms with van der Waals surface area (Å²) in [6.07, 6.45) is 28.6. The number of rotatable bonds is 19. The largest absolute Gasteiger partial charge is 0.250 e. The Bertz CT molecular complexity index is 619. The van der Waals surface area contributed by atoms with Crippen LogP contribution in [0.15, 0.2) is 49.1 Å². The second kappa shape index (κ2) is 17.0. The first-order valence-corrected chi connectivity index (χ1v) is 13.4. The van der Waals surface area contributed by atoms with Crippen molar-refractivity contribution in [2.24, 2.45) is 5.92 Å². The van der Waals surface area contributed by atoms with Crippen LogP contribution in [0.25, 0.3) is 0 Å². The van der Waals surface area contributed by atoms with E-state index >= 15 is 0 Å². The molecule has 0 saturated heterocycles. The molecule has 1 aromatic heterocycles. The average Bonchev–Trinajstić information content (AvgIpc) is 3.33. The first-order chi connectivity index (χ1) is 15.3. The van der Waals surface area contributed by atoms with E-state index in [0.29, 0.717) is 12.0 Å². The Hall–Kier alpha value is -1.57. The van der Waals surface area contributed by atoms with Gasteiger partial charge in [0.15, 0.2) is 0 Å². The molecule has 2 heteroatoms. The van der Waals surface area contributed by atoms with Gasteiger partial charge in [0.2, 0.25) is 6.33 Å². The normalized spacial score (nSPS) is 13.4. The summed E-state index contributed by atoms with van der Waals surface area (Å²) in [7, 11) is 0. The van der Waals surface area contributed by atoms with E-state index in [9.17, 15) is 0 Å². The van der Waals surface area contributed by atoms with Crippen molar-refractivity contribution in [1.82, 2.24) is 4.98 Å². The predicted molar refractivity (Wildman–Crippen MR) is 134 cm³/mol. The minimum atomic E-state index is 0.601. The molecular formula is C29H49N2+. The van der Waals surface area contributed by atoms with E-state index in [0.717, 1.165) is 0 Å². The SMILES string of the molecule is CCCCCCCCCCCCCCC(Cc1ccccc1)C(CCC)[n+]1cc[nH]c1. The summed E-state index contributed by atoms with van der Waals surface area (Å²) in [6, 6.07) is 11.7. The summed E-state index contributed by atoms with van der Waals surface area (Å²) in [4.78, 5) is 3.27. The fraction of sp³-hybridized carbons (Fsp3) is 0.690. The Morgan fingerprint density at radius 1 is 0.710 bits per heavy atom. The Balaban J connectivity index is 1.71. The van der Waals surface area contributed by atoms with Gasteiger partial charge in [0.1, 0.15) is 18.4 Å². The molecule has 0 aliphatic carbocycles. The lowest BCUT2D eigenvalue weighted by atomic mass is 9.85. The molecule has 2 rings (SSSR count). The van der Waals surface area contributed by atoms with E-state index in [-0.39, 0.29) is 0 Å². The van der Waals surface area contributed by atoms with Crippen molar-refractivity contribution in [2.75, 3.05) is 0 Å². The van der Waals surface area contributed by atoms with Crippen molar-refractivity contribution in [3.8, 4) is 0 Å². The highest BCUT2D eigenvalue weighted by Gasteiger charge is 2.26. The number of benzene rings is 1. The van der Waals surface area contributed by atoms with Crippen LogP contribution in [-0.4, -0.2) is 4.98 Å². The van der Waals surface area contributed by atoms with Crippen LogP contribution in [0.4, 0.5) is 0 Å². The van der Waals surface area contributed by atoms with Crippen molar-refractivity contribution < 1.29 is 4.57 Å². The van der Waals surface area contributed by atoms with Crippen molar-refractivity contribution in [3.63, 3.8) is 0 Å². The summed E-state index contributed by atoms with van der Waals surface area (Å²) in [5.74, 6) is 0.714. The minimum Gasteiger partial charge on any atom is -0.250 e. The van der Waals surface area contributed by atoms with E-state index in [2.05, 4.69) is 72.5 Å². The summed E-state index contributed by atoms with van der Waals surface area (Å²) in [6.45, 7) is 4.62. The number of H-pyrrole nitrogens is 1. The van der Waals surface area contributed by atoms with Gasteiger partial charge in [-0.2, -0.15) is 0 Å². The highest BCUT2D eigenvalue weighted by atomic mass is 15.1. The molecule has 2 atom stereocenters. The molecule has 0 fully saturated rings. The Morgan fingerprint density at radius 3 is 1.87 bits per heavy atom. The summed E-state index contributed by atoms with van der Waals surface area (Å²) < 4.78 is 2.43. The monoisotopic (exact) mass is 425 g/mol. The van der Waals surface area contributed by atoms with E-state index in [1.54, 1.807) is 0 Å². The molecule has 0 spiro atoms. The van der Waals surface area contributed by atoms with Crippen LogP contribution in [-0.2, 0) is 6.42 Å². The van der Waals surface area contributed by atoms with E-state index in [1.807, 2.05) is 0 Å². The molecule has 0 aliphatic rings. The lowest BCUT2D eigenvalue weighted by Crippen LogP contribution is -2.42. The molecule has 0 aliphatic heterocycles. The van der Waals surface area contributed by atoms with Crippen LogP contribution >= 0.6 is 0 Å². The Kier molecular flexibility index (Phi) is 14.1. The van der Waals surface area contributed by atoms with Gasteiger partial charge in [-0.1, -0.05) is 128 Å². The lowest BCUT2D eigenvalue weighted by Gasteiger charge is -2.25. The van der Waals surface area contributed by atoms with Gasteiger partial charge in [0.25, 0.3) is 0 Å². The van der Waals surface area contributed by atoms with E-state index < -0.39 is 0 Å². The third-order valence-electron chi connectivity index (χ3n) is 6.85. The Labute approximate surface area is 192 Å². The number of imidazole rings is 1. The molecule has 174 valence electrons. The maximum absolute atomic E-state index is 3.27. The van der Waals surface area contributed by atoms with Crippen molar-refractivity contribution in [2.45, 2.75) is 123 Å². The van der Waals surface area contributed by atoms with Crippen molar-refractivity contribution in [3.05, 3.63) is 54.6 Å².